The molecular weight excluding hydrogens is 258 g/mol. The van der Waals surface area contributed by atoms with Crippen molar-refractivity contribution in [1.82, 2.24) is 5.32 Å². The molecule has 0 saturated carbocycles. The van der Waals surface area contributed by atoms with Gasteiger partial charge in [0.15, 0.2) is 0 Å². The van der Waals surface area contributed by atoms with Gasteiger partial charge in [0, 0.05) is 40.0 Å². The molecule has 0 spiro atoms. The lowest BCUT2D eigenvalue weighted by Gasteiger charge is -2.27. The first-order valence-corrected chi connectivity index (χ1v) is 8.34. The maximum absolute atomic E-state index is 11.4. The van der Waals surface area contributed by atoms with Gasteiger partial charge in [0.1, 0.15) is 5.75 Å². The third kappa shape index (κ3) is 3.80. The number of ether oxygens (including phenoxy) is 1. The van der Waals surface area contributed by atoms with Crippen LogP contribution < -0.4 is 10.1 Å². The van der Waals surface area contributed by atoms with E-state index in [1.54, 1.807) is 7.11 Å². The molecule has 1 saturated heterocycles. The topological polar surface area (TPSA) is 38.3 Å². The predicted molar refractivity (Wildman–Crippen MR) is 80.2 cm³/mol. The van der Waals surface area contributed by atoms with Gasteiger partial charge in [-0.2, -0.15) is 0 Å². The Morgan fingerprint density at radius 2 is 2.05 bits per heavy atom. The average molecular weight is 281 g/mol. The van der Waals surface area contributed by atoms with Crippen LogP contribution in [-0.2, 0) is 10.8 Å². The fraction of sp³-hybridized carbons (Fsp3) is 0.600. The van der Waals surface area contributed by atoms with Gasteiger partial charge in [-0.25, -0.2) is 0 Å². The van der Waals surface area contributed by atoms with Crippen LogP contribution >= 0.6 is 0 Å². The highest BCUT2D eigenvalue weighted by atomic mass is 32.2. The molecule has 3 nitrogen and oxygen atoms in total. The van der Waals surface area contributed by atoms with E-state index in [4.69, 9.17) is 4.74 Å². The Kier molecular flexibility index (Phi) is 4.99. The molecule has 1 atom stereocenters. The van der Waals surface area contributed by atoms with E-state index >= 15 is 0 Å². The van der Waals surface area contributed by atoms with Gasteiger partial charge in [-0.3, -0.25) is 4.21 Å². The molecule has 19 heavy (non-hydrogen) atoms. The van der Waals surface area contributed by atoms with E-state index in [0.717, 1.165) is 30.1 Å². The van der Waals surface area contributed by atoms with Gasteiger partial charge >= 0.3 is 0 Å². The molecule has 1 aliphatic rings. The molecule has 0 radical (unpaired) electrons. The molecule has 1 aromatic rings. The van der Waals surface area contributed by atoms with Gasteiger partial charge in [-0.15, -0.1) is 0 Å². The van der Waals surface area contributed by atoms with Crippen molar-refractivity contribution in [3.05, 3.63) is 29.3 Å². The van der Waals surface area contributed by atoms with Crippen LogP contribution in [0, 0.1) is 6.92 Å². The number of benzene rings is 1. The lowest BCUT2D eigenvalue weighted by Crippen LogP contribution is -2.37. The Labute approximate surface area is 118 Å². The molecule has 106 valence electrons. The number of aryl methyl sites for hydroxylation is 1. The zero-order chi connectivity index (χ0) is 13.8. The third-order valence-corrected chi connectivity index (χ3v) is 5.11. The fourth-order valence-corrected chi connectivity index (χ4v) is 3.88. The van der Waals surface area contributed by atoms with Gasteiger partial charge in [0.05, 0.1) is 7.11 Å². The molecule has 0 bridgehead atoms. The maximum Gasteiger partial charge on any atom is 0.123 e. The van der Waals surface area contributed by atoms with Gasteiger partial charge < -0.3 is 10.1 Å². The lowest BCUT2D eigenvalue weighted by atomic mass is 10.0. The summed E-state index contributed by atoms with van der Waals surface area (Å²) >= 11 is 0. The molecule has 1 heterocycles. The lowest BCUT2D eigenvalue weighted by molar-refractivity contribution is 0.385. The second-order valence-corrected chi connectivity index (χ2v) is 6.95. The summed E-state index contributed by atoms with van der Waals surface area (Å²) in [4.78, 5) is 0. The van der Waals surface area contributed by atoms with Crippen LogP contribution in [0.2, 0.25) is 0 Å². The molecule has 0 amide bonds. The van der Waals surface area contributed by atoms with E-state index in [0.29, 0.717) is 6.04 Å². The molecule has 1 aliphatic heterocycles. The molecule has 1 unspecified atom stereocenters. The van der Waals surface area contributed by atoms with Crippen LogP contribution in [0.4, 0.5) is 0 Å². The first kappa shape index (κ1) is 14.5. The SMILES string of the molecule is COc1cc(C)ccc1C(C)NC1CCS(=O)CC1. The normalized spacial score (nSPS) is 25.0. The summed E-state index contributed by atoms with van der Waals surface area (Å²) in [6.45, 7) is 4.24. The molecule has 1 fully saturated rings. The number of hydrogen-bond acceptors (Lipinski definition) is 3. The second-order valence-electron chi connectivity index (χ2n) is 5.26. The van der Waals surface area contributed by atoms with Gasteiger partial charge in [0.25, 0.3) is 0 Å². The highest BCUT2D eigenvalue weighted by Gasteiger charge is 2.21. The van der Waals surface area contributed by atoms with Crippen molar-refractivity contribution < 1.29 is 8.95 Å². The van der Waals surface area contributed by atoms with Crippen molar-refractivity contribution in [1.29, 1.82) is 0 Å². The van der Waals surface area contributed by atoms with Gasteiger partial charge in [0.2, 0.25) is 0 Å². The number of nitrogens with one attached hydrogen (secondary N) is 1. The Bertz CT molecular complexity index is 451. The first-order chi connectivity index (χ1) is 9.10. The first-order valence-electron chi connectivity index (χ1n) is 6.85. The summed E-state index contributed by atoms with van der Waals surface area (Å²) in [5, 5.41) is 3.64. The van der Waals surface area contributed by atoms with Crippen molar-refractivity contribution in [2.24, 2.45) is 0 Å². The summed E-state index contributed by atoms with van der Waals surface area (Å²) in [5.41, 5.74) is 2.40. The van der Waals surface area contributed by atoms with E-state index in [9.17, 15) is 4.21 Å². The number of hydrogen-bond donors (Lipinski definition) is 1. The Morgan fingerprint density at radius 1 is 1.37 bits per heavy atom. The fourth-order valence-electron chi connectivity index (χ4n) is 2.58. The summed E-state index contributed by atoms with van der Waals surface area (Å²) in [6, 6.07) is 7.05. The Morgan fingerprint density at radius 3 is 2.68 bits per heavy atom. The van der Waals surface area contributed by atoms with E-state index in [2.05, 4.69) is 37.4 Å². The van der Waals surface area contributed by atoms with E-state index in [1.807, 2.05) is 0 Å². The summed E-state index contributed by atoms with van der Waals surface area (Å²) in [5.74, 6) is 2.60. The maximum atomic E-state index is 11.4. The van der Waals surface area contributed by atoms with Crippen LogP contribution in [0.3, 0.4) is 0 Å². The zero-order valence-corrected chi connectivity index (χ0v) is 12.8. The second kappa shape index (κ2) is 6.53. The smallest absolute Gasteiger partial charge is 0.123 e. The minimum absolute atomic E-state index is 0.257. The van der Waals surface area contributed by atoms with Crippen molar-refractivity contribution in [3.8, 4) is 5.75 Å². The molecule has 0 aliphatic carbocycles. The Hall–Kier alpha value is -0.870. The van der Waals surface area contributed by atoms with Crippen molar-refractivity contribution in [3.63, 3.8) is 0 Å². The van der Waals surface area contributed by atoms with Crippen molar-refractivity contribution >= 4 is 10.8 Å². The van der Waals surface area contributed by atoms with Crippen LogP contribution in [0.25, 0.3) is 0 Å². The minimum Gasteiger partial charge on any atom is -0.496 e. The largest absolute Gasteiger partial charge is 0.496 e. The highest BCUT2D eigenvalue weighted by Crippen LogP contribution is 2.27. The van der Waals surface area contributed by atoms with E-state index in [1.165, 1.54) is 11.1 Å². The van der Waals surface area contributed by atoms with E-state index < -0.39 is 10.8 Å². The number of rotatable bonds is 4. The monoisotopic (exact) mass is 281 g/mol. The average Bonchev–Trinajstić information content (AvgIpc) is 2.41. The third-order valence-electron chi connectivity index (χ3n) is 3.73. The summed E-state index contributed by atoms with van der Waals surface area (Å²) < 4.78 is 16.8. The molecule has 0 aromatic heterocycles. The molecule has 1 N–H and O–H groups in total. The predicted octanol–water partition coefficient (Wildman–Crippen LogP) is 2.57. The highest BCUT2D eigenvalue weighted by molar-refractivity contribution is 7.85. The standard InChI is InChI=1S/C15H23NO2S/c1-11-4-5-14(15(10-11)18-3)12(2)16-13-6-8-19(17)9-7-13/h4-5,10,12-13,16H,6-9H2,1-3H3. The summed E-state index contributed by atoms with van der Waals surface area (Å²) in [6.07, 6.45) is 2.01. The molecular formula is C15H23NO2S. The number of methoxy groups -OCH3 is 1. The van der Waals surface area contributed by atoms with Crippen LogP contribution in [0.5, 0.6) is 5.75 Å². The van der Waals surface area contributed by atoms with Crippen molar-refractivity contribution in [2.45, 2.75) is 38.8 Å². The molecule has 1 aromatic carbocycles. The van der Waals surface area contributed by atoms with E-state index in [-0.39, 0.29) is 6.04 Å². The van der Waals surface area contributed by atoms with Crippen molar-refractivity contribution in [2.75, 3.05) is 18.6 Å². The van der Waals surface area contributed by atoms with Gasteiger partial charge in [-0.1, -0.05) is 12.1 Å². The summed E-state index contributed by atoms with van der Waals surface area (Å²) in [7, 11) is 1.12. The molecule has 4 heteroatoms. The molecule has 2 rings (SSSR count). The van der Waals surface area contributed by atoms with Crippen LogP contribution in [0.15, 0.2) is 18.2 Å². The Balaban J connectivity index is 2.03. The van der Waals surface area contributed by atoms with Gasteiger partial charge in [-0.05, 0) is 38.3 Å². The van der Waals surface area contributed by atoms with Crippen LogP contribution in [-0.4, -0.2) is 28.9 Å². The zero-order valence-electron chi connectivity index (χ0n) is 11.9. The minimum atomic E-state index is -0.594. The van der Waals surface area contributed by atoms with Crippen LogP contribution in [0.1, 0.15) is 36.9 Å². The quantitative estimate of drug-likeness (QED) is 0.922.